The minimum atomic E-state index is 1.15. The minimum Gasteiger partial charge on any atom is -0.0985 e. The summed E-state index contributed by atoms with van der Waals surface area (Å²) in [5, 5.41) is 0. The van der Waals surface area contributed by atoms with Crippen LogP contribution in [0.15, 0.2) is 71.5 Å². The lowest BCUT2D eigenvalue weighted by Gasteiger charge is -2.02. The van der Waals surface area contributed by atoms with E-state index in [4.69, 9.17) is 0 Å². The molecule has 0 saturated carbocycles. The highest BCUT2D eigenvalue weighted by Gasteiger charge is 1.98. The Morgan fingerprint density at radius 1 is 0.632 bits per heavy atom. The monoisotopic (exact) mass is 302 g/mol. The number of hydrogen-bond acceptors (Lipinski definition) is 3. The summed E-state index contributed by atoms with van der Waals surface area (Å²) in [5.74, 6) is 0. The van der Waals surface area contributed by atoms with Crippen LogP contribution in [0.25, 0.3) is 12.2 Å². The summed E-state index contributed by atoms with van der Waals surface area (Å²) in [6.45, 7) is 7.51. The van der Waals surface area contributed by atoms with Crippen LogP contribution in [0.5, 0.6) is 0 Å². The van der Waals surface area contributed by atoms with E-state index in [2.05, 4.69) is 61.7 Å². The first-order valence-electron chi connectivity index (χ1n) is 5.78. The van der Waals surface area contributed by atoms with E-state index in [1.165, 1.54) is 9.79 Å². The molecule has 0 fully saturated rings. The van der Waals surface area contributed by atoms with Gasteiger partial charge in [0.2, 0.25) is 0 Å². The fraction of sp³-hybridized carbons (Fsp3) is 0. The third kappa shape index (κ3) is 4.53. The van der Waals surface area contributed by atoms with E-state index in [1.807, 2.05) is 12.2 Å². The van der Waals surface area contributed by atoms with Gasteiger partial charge in [-0.15, -0.1) is 0 Å². The van der Waals surface area contributed by atoms with Gasteiger partial charge in [0.15, 0.2) is 0 Å². The van der Waals surface area contributed by atoms with Gasteiger partial charge in [0.25, 0.3) is 0 Å². The highest BCUT2D eigenvalue weighted by Crippen LogP contribution is 2.44. The molecule has 0 bridgehead atoms. The second kappa shape index (κ2) is 7.53. The largest absolute Gasteiger partial charge is 0.0985 e. The van der Waals surface area contributed by atoms with Gasteiger partial charge in [-0.3, -0.25) is 0 Å². The predicted octanol–water partition coefficient (Wildman–Crippen LogP) is 6.42. The zero-order chi connectivity index (χ0) is 13.5. The average molecular weight is 302 g/mol. The Hall–Kier alpha value is -1.03. The first-order chi connectivity index (χ1) is 9.31. The zero-order valence-corrected chi connectivity index (χ0v) is 12.9. The summed E-state index contributed by atoms with van der Waals surface area (Å²) >= 11 is 0. The SMILES string of the molecule is C=Cc1ccc(SSSc2ccc(C=C)cc2)cc1. The molecule has 0 spiro atoms. The van der Waals surface area contributed by atoms with Crippen LogP contribution in [0.2, 0.25) is 0 Å². The van der Waals surface area contributed by atoms with Gasteiger partial charge < -0.3 is 0 Å². The predicted molar refractivity (Wildman–Crippen MR) is 92.4 cm³/mol. The van der Waals surface area contributed by atoms with Crippen LogP contribution in [-0.2, 0) is 0 Å². The van der Waals surface area contributed by atoms with Gasteiger partial charge in [-0.25, -0.2) is 0 Å². The van der Waals surface area contributed by atoms with Gasteiger partial charge in [-0.05, 0) is 66.8 Å². The normalized spacial score (nSPS) is 10.1. The molecule has 0 heterocycles. The second-order valence-electron chi connectivity index (χ2n) is 3.78. The topological polar surface area (TPSA) is 0 Å². The van der Waals surface area contributed by atoms with Gasteiger partial charge in [-0.1, -0.05) is 49.6 Å². The summed E-state index contributed by atoms with van der Waals surface area (Å²) in [7, 11) is 5.31. The second-order valence-corrected chi connectivity index (χ2v) is 7.83. The molecule has 0 nitrogen and oxygen atoms in total. The Morgan fingerprint density at radius 3 is 1.32 bits per heavy atom. The third-order valence-electron chi connectivity index (χ3n) is 2.49. The minimum absolute atomic E-state index is 1.15. The molecule has 0 N–H and O–H groups in total. The molecule has 0 radical (unpaired) electrons. The van der Waals surface area contributed by atoms with Gasteiger partial charge in [0.1, 0.15) is 0 Å². The molecular weight excluding hydrogens is 288 g/mol. The standard InChI is InChI=1S/C16H14S3/c1-3-13-5-9-15(10-6-13)17-19-18-16-11-7-14(4-2)8-12-16/h3-12H,1-2H2. The van der Waals surface area contributed by atoms with Crippen molar-refractivity contribution in [1.82, 2.24) is 0 Å². The van der Waals surface area contributed by atoms with Crippen LogP contribution >= 0.6 is 31.4 Å². The number of benzene rings is 2. The van der Waals surface area contributed by atoms with E-state index in [-0.39, 0.29) is 0 Å². The Bertz CT molecular complexity index is 490. The van der Waals surface area contributed by atoms with Gasteiger partial charge in [0, 0.05) is 9.79 Å². The quantitative estimate of drug-likeness (QED) is 0.565. The Balaban J connectivity index is 1.84. The molecule has 2 aromatic rings. The van der Waals surface area contributed by atoms with E-state index in [1.54, 1.807) is 31.4 Å². The Labute approximate surface area is 126 Å². The molecule has 0 amide bonds. The smallest absolute Gasteiger partial charge is 0.0191 e. The zero-order valence-electron chi connectivity index (χ0n) is 10.4. The van der Waals surface area contributed by atoms with E-state index in [0.29, 0.717) is 0 Å². The summed E-state index contributed by atoms with van der Waals surface area (Å²) < 4.78 is 0. The maximum atomic E-state index is 3.75. The van der Waals surface area contributed by atoms with Crippen LogP contribution < -0.4 is 0 Å². The molecule has 0 saturated heterocycles. The molecule has 19 heavy (non-hydrogen) atoms. The van der Waals surface area contributed by atoms with Crippen molar-refractivity contribution in [2.75, 3.05) is 0 Å². The molecule has 0 aromatic heterocycles. The van der Waals surface area contributed by atoms with Gasteiger partial charge >= 0.3 is 0 Å². The van der Waals surface area contributed by atoms with Crippen LogP contribution in [-0.4, -0.2) is 0 Å². The molecule has 0 aliphatic carbocycles. The fourth-order valence-corrected chi connectivity index (χ4v) is 5.06. The van der Waals surface area contributed by atoms with Gasteiger partial charge in [-0.2, -0.15) is 0 Å². The molecular formula is C16H14S3. The molecule has 0 unspecified atom stereocenters. The lowest BCUT2D eigenvalue weighted by molar-refractivity contribution is 1.46. The van der Waals surface area contributed by atoms with Crippen LogP contribution in [0.1, 0.15) is 11.1 Å². The molecule has 2 rings (SSSR count). The van der Waals surface area contributed by atoms with Gasteiger partial charge in [0.05, 0.1) is 0 Å². The molecule has 2 aromatic carbocycles. The summed E-state index contributed by atoms with van der Waals surface area (Å²) in [4.78, 5) is 2.51. The molecule has 0 aliphatic rings. The van der Waals surface area contributed by atoms with Crippen molar-refractivity contribution in [2.24, 2.45) is 0 Å². The lowest BCUT2D eigenvalue weighted by atomic mass is 10.2. The van der Waals surface area contributed by atoms with Crippen LogP contribution in [0.3, 0.4) is 0 Å². The third-order valence-corrected chi connectivity index (χ3v) is 6.35. The molecule has 3 heteroatoms. The maximum absolute atomic E-state index is 3.75. The van der Waals surface area contributed by atoms with Crippen molar-refractivity contribution < 1.29 is 0 Å². The highest BCUT2D eigenvalue weighted by molar-refractivity contribution is 9.09. The van der Waals surface area contributed by atoms with E-state index >= 15 is 0 Å². The lowest BCUT2D eigenvalue weighted by Crippen LogP contribution is -1.72. The highest BCUT2D eigenvalue weighted by atomic mass is 33.5. The summed E-state index contributed by atoms with van der Waals surface area (Å²) in [5.41, 5.74) is 2.31. The van der Waals surface area contributed by atoms with Crippen molar-refractivity contribution in [1.29, 1.82) is 0 Å². The van der Waals surface area contributed by atoms with Crippen LogP contribution in [0.4, 0.5) is 0 Å². The first kappa shape index (κ1) is 14.4. The van der Waals surface area contributed by atoms with Crippen molar-refractivity contribution in [3.63, 3.8) is 0 Å². The van der Waals surface area contributed by atoms with Crippen molar-refractivity contribution in [2.45, 2.75) is 9.79 Å². The van der Waals surface area contributed by atoms with Crippen molar-refractivity contribution >= 4 is 43.6 Å². The molecule has 0 atom stereocenters. The van der Waals surface area contributed by atoms with E-state index in [9.17, 15) is 0 Å². The first-order valence-corrected chi connectivity index (χ1v) is 9.26. The van der Waals surface area contributed by atoms with Crippen molar-refractivity contribution in [3.05, 3.63) is 72.8 Å². The Kier molecular flexibility index (Phi) is 5.70. The number of hydrogen-bond donors (Lipinski definition) is 0. The number of rotatable bonds is 6. The summed E-state index contributed by atoms with van der Waals surface area (Å²) in [6.07, 6.45) is 3.72. The molecule has 0 aliphatic heterocycles. The van der Waals surface area contributed by atoms with E-state index in [0.717, 1.165) is 11.1 Å². The average Bonchev–Trinajstić information content (AvgIpc) is 2.49. The Morgan fingerprint density at radius 2 is 1.00 bits per heavy atom. The molecule has 96 valence electrons. The van der Waals surface area contributed by atoms with Crippen molar-refractivity contribution in [3.8, 4) is 0 Å². The van der Waals surface area contributed by atoms with E-state index < -0.39 is 0 Å². The summed E-state index contributed by atoms with van der Waals surface area (Å²) in [6, 6.07) is 16.8. The fourth-order valence-electron chi connectivity index (χ4n) is 1.41. The van der Waals surface area contributed by atoms with Crippen LogP contribution in [0, 0.1) is 0 Å². The maximum Gasteiger partial charge on any atom is 0.0191 e.